The normalized spacial score (nSPS) is 17.1. The number of methoxy groups -OCH3 is 1. The molecule has 7 heteroatoms. The van der Waals surface area contributed by atoms with Crippen LogP contribution >= 0.6 is 11.6 Å². The lowest BCUT2D eigenvalue weighted by atomic mass is 9.91. The first-order chi connectivity index (χ1) is 17.6. The maximum atomic E-state index is 13.4. The third kappa shape index (κ3) is 5.25. The molecule has 5 nitrogen and oxygen atoms in total. The Balaban J connectivity index is 1.83. The molecule has 0 aliphatic carbocycles. The van der Waals surface area contributed by atoms with E-state index in [1.165, 1.54) is 17.0 Å². The summed E-state index contributed by atoms with van der Waals surface area (Å²) in [5, 5.41) is 12.1. The number of carbonyl (C=O) groups is 2. The first kappa shape index (κ1) is 26.4. The molecule has 1 heterocycles. The molecule has 1 aliphatic heterocycles. The van der Waals surface area contributed by atoms with Crippen LogP contribution in [0.25, 0.3) is 5.76 Å². The average Bonchev–Trinajstić information content (AvgIpc) is 3.13. The number of carbonyl (C=O) groups excluding carboxylic acids is 2. The van der Waals surface area contributed by atoms with Gasteiger partial charge < -0.3 is 14.7 Å². The number of benzene rings is 3. The number of amides is 1. The highest BCUT2D eigenvalue weighted by atomic mass is 35.5. The monoisotopic (exact) mass is 521 g/mol. The lowest BCUT2D eigenvalue weighted by Gasteiger charge is -2.26. The van der Waals surface area contributed by atoms with E-state index in [-0.39, 0.29) is 29.6 Å². The summed E-state index contributed by atoms with van der Waals surface area (Å²) in [7, 11) is 1.59. The summed E-state index contributed by atoms with van der Waals surface area (Å²) in [5.41, 5.74) is 3.56. The van der Waals surface area contributed by atoms with Crippen LogP contribution in [0, 0.1) is 12.7 Å². The SMILES string of the molecule is COc1cc(C)c(/C(O)=C2\C(=O)C(=O)N(CCc3ccc(F)cc3)C2c2ccc(Cl)cc2)cc1C(C)C. The van der Waals surface area contributed by atoms with Crippen LogP contribution in [0.15, 0.2) is 66.2 Å². The fourth-order valence-corrected chi connectivity index (χ4v) is 4.86. The molecule has 192 valence electrons. The Bertz CT molecular complexity index is 1360. The second-order valence-electron chi connectivity index (χ2n) is 9.48. The van der Waals surface area contributed by atoms with Crippen molar-refractivity contribution in [3.05, 3.63) is 105 Å². The third-order valence-electron chi connectivity index (χ3n) is 6.73. The van der Waals surface area contributed by atoms with E-state index < -0.39 is 17.7 Å². The Hall–Kier alpha value is -3.64. The fourth-order valence-electron chi connectivity index (χ4n) is 4.73. The number of Topliss-reactive ketones (excluding diaryl/α,β-unsaturated/α-hetero) is 1. The van der Waals surface area contributed by atoms with Crippen molar-refractivity contribution < 1.29 is 23.8 Å². The van der Waals surface area contributed by atoms with Crippen LogP contribution in [0.2, 0.25) is 5.02 Å². The molecule has 4 rings (SSSR count). The van der Waals surface area contributed by atoms with Crippen LogP contribution in [0.5, 0.6) is 5.75 Å². The molecular weight excluding hydrogens is 493 g/mol. The van der Waals surface area contributed by atoms with Crippen LogP contribution in [0.1, 0.15) is 53.6 Å². The van der Waals surface area contributed by atoms with E-state index >= 15 is 0 Å². The van der Waals surface area contributed by atoms with Gasteiger partial charge >= 0.3 is 0 Å². The van der Waals surface area contributed by atoms with Crippen molar-refractivity contribution in [1.29, 1.82) is 0 Å². The molecule has 1 amide bonds. The third-order valence-corrected chi connectivity index (χ3v) is 6.99. The second kappa shape index (κ2) is 10.8. The number of hydrogen-bond donors (Lipinski definition) is 1. The van der Waals surface area contributed by atoms with Crippen LogP contribution in [0.3, 0.4) is 0 Å². The minimum Gasteiger partial charge on any atom is -0.507 e. The summed E-state index contributed by atoms with van der Waals surface area (Å²) in [6.45, 7) is 6.06. The molecule has 0 radical (unpaired) electrons. The van der Waals surface area contributed by atoms with Gasteiger partial charge in [-0.15, -0.1) is 0 Å². The van der Waals surface area contributed by atoms with Gasteiger partial charge in [0.25, 0.3) is 11.7 Å². The Kier molecular flexibility index (Phi) is 7.69. The molecule has 37 heavy (non-hydrogen) atoms. The van der Waals surface area contributed by atoms with E-state index in [1.54, 1.807) is 43.5 Å². The molecule has 1 fully saturated rings. The highest BCUT2D eigenvalue weighted by Crippen LogP contribution is 2.41. The fraction of sp³-hybridized carbons (Fsp3) is 0.267. The van der Waals surface area contributed by atoms with Crippen LogP contribution in [-0.2, 0) is 16.0 Å². The standard InChI is InChI=1S/C30H29ClFNO4/c1-17(2)23-16-24(18(3)15-25(23)37-4)28(34)26-27(20-7-9-21(31)10-8-20)33(30(36)29(26)35)14-13-19-5-11-22(32)12-6-19/h5-12,15-17,27,34H,13-14H2,1-4H3/b28-26+. The van der Waals surface area contributed by atoms with Crippen LogP contribution in [0.4, 0.5) is 4.39 Å². The number of hydrogen-bond acceptors (Lipinski definition) is 4. The molecule has 3 aromatic carbocycles. The van der Waals surface area contributed by atoms with E-state index in [0.29, 0.717) is 33.9 Å². The van der Waals surface area contributed by atoms with E-state index in [0.717, 1.165) is 11.1 Å². The molecule has 1 atom stereocenters. The number of halogens is 2. The predicted molar refractivity (Wildman–Crippen MR) is 142 cm³/mol. The van der Waals surface area contributed by atoms with Gasteiger partial charge in [0.05, 0.1) is 18.7 Å². The summed E-state index contributed by atoms with van der Waals surface area (Å²) in [6.07, 6.45) is 0.413. The molecule has 1 N–H and O–H groups in total. The van der Waals surface area contributed by atoms with Crippen molar-refractivity contribution >= 4 is 29.1 Å². The topological polar surface area (TPSA) is 66.8 Å². The maximum absolute atomic E-state index is 13.4. The van der Waals surface area contributed by atoms with Gasteiger partial charge in [-0.1, -0.05) is 49.7 Å². The van der Waals surface area contributed by atoms with Gasteiger partial charge in [-0.3, -0.25) is 9.59 Å². The predicted octanol–water partition coefficient (Wildman–Crippen LogP) is 6.58. The second-order valence-corrected chi connectivity index (χ2v) is 9.92. The van der Waals surface area contributed by atoms with Crippen molar-refractivity contribution in [3.8, 4) is 5.75 Å². The van der Waals surface area contributed by atoms with E-state index in [2.05, 4.69) is 0 Å². The quantitative estimate of drug-likeness (QED) is 0.216. The highest BCUT2D eigenvalue weighted by molar-refractivity contribution is 6.46. The first-order valence-corrected chi connectivity index (χ1v) is 12.5. The Morgan fingerprint density at radius 1 is 1.08 bits per heavy atom. The number of aliphatic hydroxyl groups excluding tert-OH is 1. The van der Waals surface area contributed by atoms with Crippen molar-refractivity contribution in [2.24, 2.45) is 0 Å². The zero-order valence-corrected chi connectivity index (χ0v) is 22.0. The van der Waals surface area contributed by atoms with Crippen LogP contribution in [-0.4, -0.2) is 35.4 Å². The lowest BCUT2D eigenvalue weighted by molar-refractivity contribution is -0.139. The zero-order valence-electron chi connectivity index (χ0n) is 21.2. The average molecular weight is 522 g/mol. The molecule has 0 spiro atoms. The van der Waals surface area contributed by atoms with E-state index in [1.807, 2.05) is 32.9 Å². The molecule has 1 aliphatic rings. The largest absolute Gasteiger partial charge is 0.507 e. The van der Waals surface area contributed by atoms with Crippen molar-refractivity contribution in [2.75, 3.05) is 13.7 Å². The highest BCUT2D eigenvalue weighted by Gasteiger charge is 2.46. The van der Waals surface area contributed by atoms with Crippen molar-refractivity contribution in [2.45, 2.75) is 39.2 Å². The summed E-state index contributed by atoms with van der Waals surface area (Å²) in [6, 6.07) is 15.7. The minimum atomic E-state index is -0.804. The zero-order chi connectivity index (χ0) is 26.9. The Labute approximate surface area is 221 Å². The number of ketones is 1. The maximum Gasteiger partial charge on any atom is 0.295 e. The van der Waals surface area contributed by atoms with Gasteiger partial charge in [-0.2, -0.15) is 0 Å². The number of aliphatic hydroxyl groups is 1. The summed E-state index contributed by atoms with van der Waals surface area (Å²) in [5.74, 6) is -1.23. The number of nitrogens with zero attached hydrogens (tertiary/aromatic N) is 1. The Morgan fingerprint density at radius 3 is 2.32 bits per heavy atom. The van der Waals surface area contributed by atoms with Gasteiger partial charge in [-0.25, -0.2) is 4.39 Å². The molecule has 0 saturated carbocycles. The van der Waals surface area contributed by atoms with E-state index in [4.69, 9.17) is 16.3 Å². The summed E-state index contributed by atoms with van der Waals surface area (Å²) in [4.78, 5) is 28.1. The van der Waals surface area contributed by atoms with Gasteiger partial charge in [0.1, 0.15) is 17.3 Å². The summed E-state index contributed by atoms with van der Waals surface area (Å²) < 4.78 is 18.9. The van der Waals surface area contributed by atoms with Gasteiger partial charge in [-0.05, 0) is 77.9 Å². The van der Waals surface area contributed by atoms with Crippen LogP contribution < -0.4 is 4.74 Å². The molecule has 1 saturated heterocycles. The van der Waals surface area contributed by atoms with Gasteiger partial charge in [0, 0.05) is 17.1 Å². The molecule has 3 aromatic rings. The Morgan fingerprint density at radius 2 is 1.73 bits per heavy atom. The van der Waals surface area contributed by atoms with Crippen molar-refractivity contribution in [1.82, 2.24) is 4.90 Å². The van der Waals surface area contributed by atoms with Gasteiger partial charge in [0.15, 0.2) is 0 Å². The molecule has 0 aromatic heterocycles. The smallest absolute Gasteiger partial charge is 0.295 e. The number of rotatable bonds is 7. The number of ether oxygens (including phenoxy) is 1. The number of likely N-dealkylation sites (tertiary alicyclic amines) is 1. The molecule has 0 bridgehead atoms. The van der Waals surface area contributed by atoms with Gasteiger partial charge in [0.2, 0.25) is 0 Å². The molecular formula is C30H29ClFNO4. The lowest BCUT2D eigenvalue weighted by Crippen LogP contribution is -2.31. The van der Waals surface area contributed by atoms with Crippen molar-refractivity contribution in [3.63, 3.8) is 0 Å². The first-order valence-electron chi connectivity index (χ1n) is 12.1. The summed E-state index contributed by atoms with van der Waals surface area (Å²) >= 11 is 6.11. The molecule has 1 unspecified atom stereocenters. The van der Waals surface area contributed by atoms with E-state index in [9.17, 15) is 19.1 Å². The minimum absolute atomic E-state index is 0.0226. The number of aryl methyl sites for hydroxylation is 1.